The molecule has 5 nitrogen and oxygen atoms in total. The van der Waals surface area contributed by atoms with Crippen LogP contribution in [0.4, 0.5) is 22.0 Å². The zero-order valence-corrected chi connectivity index (χ0v) is 14.3. The SMILES string of the molecule is O=C(c1cc(C2CC2(F)F)cc(C(F)(F)F)c1)N1CCc2c(nc[nH]c2=O)C1. The van der Waals surface area contributed by atoms with Gasteiger partial charge in [-0.25, -0.2) is 13.8 Å². The summed E-state index contributed by atoms with van der Waals surface area (Å²) in [6.07, 6.45) is -3.91. The Morgan fingerprint density at radius 2 is 1.96 bits per heavy atom. The van der Waals surface area contributed by atoms with Gasteiger partial charge >= 0.3 is 6.18 Å². The Bertz CT molecular complexity index is 1020. The summed E-state index contributed by atoms with van der Waals surface area (Å²) in [4.78, 5) is 32.2. The van der Waals surface area contributed by atoms with Crippen LogP contribution in [0.1, 0.15) is 45.1 Å². The Morgan fingerprint density at radius 3 is 2.61 bits per heavy atom. The van der Waals surface area contributed by atoms with Crippen molar-refractivity contribution >= 4 is 5.91 Å². The van der Waals surface area contributed by atoms with Gasteiger partial charge in [0.1, 0.15) is 0 Å². The van der Waals surface area contributed by atoms with Crippen LogP contribution >= 0.6 is 0 Å². The first-order valence-corrected chi connectivity index (χ1v) is 8.51. The average Bonchev–Trinajstić information content (AvgIpc) is 3.28. The fourth-order valence-corrected chi connectivity index (χ4v) is 3.44. The first kappa shape index (κ1) is 18.6. The maximum Gasteiger partial charge on any atom is 0.416 e. The van der Waals surface area contributed by atoms with E-state index in [0.29, 0.717) is 23.4 Å². The lowest BCUT2D eigenvalue weighted by Crippen LogP contribution is -2.39. The van der Waals surface area contributed by atoms with Crippen LogP contribution in [-0.4, -0.2) is 33.2 Å². The average molecular weight is 399 g/mol. The van der Waals surface area contributed by atoms with Gasteiger partial charge in [0.25, 0.3) is 17.4 Å². The van der Waals surface area contributed by atoms with Crippen molar-refractivity contribution in [2.24, 2.45) is 0 Å². The molecule has 1 atom stereocenters. The number of hydrogen-bond acceptors (Lipinski definition) is 3. The molecule has 1 unspecified atom stereocenters. The van der Waals surface area contributed by atoms with E-state index in [1.807, 2.05) is 0 Å². The van der Waals surface area contributed by atoms with Crippen LogP contribution in [-0.2, 0) is 19.1 Å². The molecule has 148 valence electrons. The lowest BCUT2D eigenvalue weighted by Gasteiger charge is -2.28. The summed E-state index contributed by atoms with van der Waals surface area (Å²) in [5, 5.41) is 0. The quantitative estimate of drug-likeness (QED) is 0.790. The summed E-state index contributed by atoms with van der Waals surface area (Å²) in [5.74, 6) is -5.09. The molecular formula is C18H14F5N3O2. The molecule has 1 aromatic carbocycles. The molecule has 2 aliphatic rings. The van der Waals surface area contributed by atoms with E-state index in [1.54, 1.807) is 0 Å². The van der Waals surface area contributed by atoms with E-state index >= 15 is 0 Å². The number of hydrogen-bond donors (Lipinski definition) is 1. The summed E-state index contributed by atoms with van der Waals surface area (Å²) in [6.45, 7) is 0.0784. The fraction of sp³-hybridized carbons (Fsp3) is 0.389. The number of nitrogens with zero attached hydrogens (tertiary/aromatic N) is 2. The Labute approximate surface area is 155 Å². The van der Waals surface area contributed by atoms with Crippen LogP contribution in [0.2, 0.25) is 0 Å². The molecule has 1 fully saturated rings. The van der Waals surface area contributed by atoms with Crippen LogP contribution in [0.5, 0.6) is 0 Å². The third kappa shape index (κ3) is 3.27. The highest BCUT2D eigenvalue weighted by Crippen LogP contribution is 2.56. The number of halogens is 5. The number of fused-ring (bicyclic) bond motifs is 1. The van der Waals surface area contributed by atoms with Crippen LogP contribution in [0.3, 0.4) is 0 Å². The third-order valence-electron chi connectivity index (χ3n) is 5.06. The van der Waals surface area contributed by atoms with Crippen molar-refractivity contribution in [3.05, 3.63) is 62.8 Å². The largest absolute Gasteiger partial charge is 0.416 e. The van der Waals surface area contributed by atoms with Crippen LogP contribution < -0.4 is 5.56 Å². The van der Waals surface area contributed by atoms with Crippen molar-refractivity contribution in [2.45, 2.75) is 37.4 Å². The smallest absolute Gasteiger partial charge is 0.332 e. The van der Waals surface area contributed by atoms with Gasteiger partial charge in [0, 0.05) is 24.1 Å². The van der Waals surface area contributed by atoms with Gasteiger partial charge in [-0.15, -0.1) is 0 Å². The molecule has 2 aromatic rings. The number of carbonyl (C=O) groups excluding carboxylic acids is 1. The molecule has 1 aliphatic heterocycles. The summed E-state index contributed by atoms with van der Waals surface area (Å²) < 4.78 is 66.4. The molecule has 28 heavy (non-hydrogen) atoms. The summed E-state index contributed by atoms with van der Waals surface area (Å²) in [5.41, 5.74) is -1.17. The summed E-state index contributed by atoms with van der Waals surface area (Å²) in [6, 6.07) is 2.45. The first-order chi connectivity index (χ1) is 13.1. The zero-order valence-electron chi connectivity index (χ0n) is 14.3. The second-order valence-electron chi connectivity index (χ2n) is 6.99. The van der Waals surface area contributed by atoms with E-state index in [0.717, 1.165) is 6.07 Å². The van der Waals surface area contributed by atoms with Gasteiger partial charge in [-0.05, 0) is 30.2 Å². The number of H-pyrrole nitrogens is 1. The second kappa shape index (κ2) is 6.11. The number of alkyl halides is 5. The number of nitrogens with one attached hydrogen (secondary N) is 1. The predicted molar refractivity (Wildman–Crippen MR) is 87.1 cm³/mol. The van der Waals surface area contributed by atoms with E-state index in [9.17, 15) is 31.5 Å². The van der Waals surface area contributed by atoms with Gasteiger partial charge in [0.2, 0.25) is 0 Å². The van der Waals surface area contributed by atoms with Gasteiger partial charge in [-0.2, -0.15) is 13.2 Å². The van der Waals surface area contributed by atoms with Gasteiger partial charge in [0.15, 0.2) is 0 Å². The highest BCUT2D eigenvalue weighted by molar-refractivity contribution is 5.95. The summed E-state index contributed by atoms with van der Waals surface area (Å²) >= 11 is 0. The molecule has 0 spiro atoms. The number of carbonyl (C=O) groups is 1. The van der Waals surface area contributed by atoms with E-state index in [4.69, 9.17) is 0 Å². The molecule has 1 aliphatic carbocycles. The van der Waals surface area contributed by atoms with Crippen LogP contribution in [0, 0.1) is 0 Å². The van der Waals surface area contributed by atoms with Crippen LogP contribution in [0.25, 0.3) is 0 Å². The highest BCUT2D eigenvalue weighted by atomic mass is 19.4. The van der Waals surface area contributed by atoms with Crippen molar-refractivity contribution < 1.29 is 26.7 Å². The molecule has 4 rings (SSSR count). The lowest BCUT2D eigenvalue weighted by atomic mass is 10.00. The van der Waals surface area contributed by atoms with Gasteiger partial charge < -0.3 is 9.88 Å². The minimum atomic E-state index is -4.77. The third-order valence-corrected chi connectivity index (χ3v) is 5.06. The van der Waals surface area contributed by atoms with Crippen molar-refractivity contribution in [1.82, 2.24) is 14.9 Å². The normalized spacial score (nSPS) is 20.6. The number of aromatic amines is 1. The monoisotopic (exact) mass is 399 g/mol. The predicted octanol–water partition coefficient (Wildman–Crippen LogP) is 3.11. The molecule has 10 heteroatoms. The van der Waals surface area contributed by atoms with Gasteiger partial charge in [-0.3, -0.25) is 9.59 Å². The van der Waals surface area contributed by atoms with Gasteiger partial charge in [0.05, 0.1) is 30.0 Å². The maximum absolute atomic E-state index is 13.4. The highest BCUT2D eigenvalue weighted by Gasteiger charge is 2.58. The topological polar surface area (TPSA) is 66.1 Å². The molecule has 1 saturated carbocycles. The zero-order chi connectivity index (χ0) is 20.3. The first-order valence-electron chi connectivity index (χ1n) is 8.51. The Kier molecular flexibility index (Phi) is 4.06. The molecule has 1 amide bonds. The van der Waals surface area contributed by atoms with Crippen LogP contribution in [0.15, 0.2) is 29.3 Å². The standard InChI is InChI=1S/C18H14F5N3O2/c19-17(20)6-13(17)9-3-10(5-11(4-9)18(21,22)23)16(28)26-2-1-12-14(7-26)24-8-25-15(12)27/h3-5,8,13H,1-2,6-7H2,(H,24,25,27). The minimum Gasteiger partial charge on any atom is -0.332 e. The molecule has 0 bridgehead atoms. The number of aromatic nitrogens is 2. The molecule has 1 N–H and O–H groups in total. The van der Waals surface area contributed by atoms with E-state index in [2.05, 4.69) is 9.97 Å². The Balaban J connectivity index is 1.67. The number of amides is 1. The second-order valence-corrected chi connectivity index (χ2v) is 6.99. The lowest BCUT2D eigenvalue weighted by molar-refractivity contribution is -0.137. The summed E-state index contributed by atoms with van der Waals surface area (Å²) in [7, 11) is 0. The molecule has 0 radical (unpaired) electrons. The Morgan fingerprint density at radius 1 is 1.25 bits per heavy atom. The van der Waals surface area contributed by atoms with Crippen molar-refractivity contribution in [1.29, 1.82) is 0 Å². The fourth-order valence-electron chi connectivity index (χ4n) is 3.44. The Hall–Kier alpha value is -2.78. The van der Waals surface area contributed by atoms with Crippen molar-refractivity contribution in [3.63, 3.8) is 0 Å². The van der Waals surface area contributed by atoms with Gasteiger partial charge in [-0.1, -0.05) is 0 Å². The molecule has 0 saturated heterocycles. The van der Waals surface area contributed by atoms with E-state index < -0.39 is 35.9 Å². The van der Waals surface area contributed by atoms with E-state index in [-0.39, 0.29) is 36.2 Å². The van der Waals surface area contributed by atoms with Crippen molar-refractivity contribution in [2.75, 3.05) is 6.54 Å². The van der Waals surface area contributed by atoms with Crippen molar-refractivity contribution in [3.8, 4) is 0 Å². The minimum absolute atomic E-state index is 0.0384. The molecule has 1 aromatic heterocycles. The number of benzene rings is 1. The molecular weight excluding hydrogens is 385 g/mol. The van der Waals surface area contributed by atoms with E-state index in [1.165, 1.54) is 11.2 Å². The molecule has 2 heterocycles. The maximum atomic E-state index is 13.4. The number of rotatable bonds is 2.